The number of nitrogens with zero attached hydrogens (tertiary/aromatic N) is 1. The van der Waals surface area contributed by atoms with Gasteiger partial charge in [0.1, 0.15) is 0 Å². The highest BCUT2D eigenvalue weighted by Crippen LogP contribution is 2.30. The largest absolute Gasteiger partial charge is 0.308 e. The first-order chi connectivity index (χ1) is 6.74. The maximum absolute atomic E-state index is 8.82. The highest BCUT2D eigenvalue weighted by atomic mass is 15.0. The molecule has 2 heteroatoms. The van der Waals surface area contributed by atoms with Crippen LogP contribution in [0.1, 0.15) is 30.9 Å². The van der Waals surface area contributed by atoms with E-state index in [1.807, 2.05) is 18.2 Å². The Kier molecular flexibility index (Phi) is 2.26. The molecule has 0 spiro atoms. The van der Waals surface area contributed by atoms with Crippen molar-refractivity contribution in [3.63, 3.8) is 0 Å². The molecule has 0 amide bonds. The normalized spacial score (nSPS) is 26.0. The molecule has 2 nitrogen and oxygen atoms in total. The molecule has 1 unspecified atom stereocenters. The molecule has 1 aromatic carbocycles. The van der Waals surface area contributed by atoms with Gasteiger partial charge in [-0.1, -0.05) is 12.1 Å². The van der Waals surface area contributed by atoms with Crippen molar-refractivity contribution in [2.75, 3.05) is 6.54 Å². The quantitative estimate of drug-likeness (QED) is 0.729. The van der Waals surface area contributed by atoms with Gasteiger partial charge >= 0.3 is 0 Å². The molecule has 1 saturated heterocycles. The van der Waals surface area contributed by atoms with Crippen LogP contribution in [0, 0.1) is 11.3 Å². The zero-order chi connectivity index (χ0) is 10.0. The van der Waals surface area contributed by atoms with Crippen molar-refractivity contribution in [1.29, 1.82) is 5.26 Å². The summed E-state index contributed by atoms with van der Waals surface area (Å²) in [7, 11) is 0. The maximum atomic E-state index is 8.82. The molecule has 1 N–H and O–H groups in total. The van der Waals surface area contributed by atoms with E-state index < -0.39 is 0 Å². The summed E-state index contributed by atoms with van der Waals surface area (Å²) >= 11 is 0. The number of benzene rings is 1. The number of nitriles is 1. The van der Waals surface area contributed by atoms with Gasteiger partial charge in [-0.25, -0.2) is 0 Å². The van der Waals surface area contributed by atoms with Crippen molar-refractivity contribution in [3.05, 3.63) is 35.4 Å². The van der Waals surface area contributed by atoms with Gasteiger partial charge in [0.25, 0.3) is 0 Å². The van der Waals surface area contributed by atoms with Gasteiger partial charge in [0.05, 0.1) is 11.6 Å². The fourth-order valence-electron chi connectivity index (χ4n) is 2.07. The smallest absolute Gasteiger partial charge is 0.0991 e. The minimum absolute atomic E-state index is 0.0762. The molecule has 14 heavy (non-hydrogen) atoms. The van der Waals surface area contributed by atoms with Gasteiger partial charge < -0.3 is 5.32 Å². The van der Waals surface area contributed by atoms with Gasteiger partial charge in [0.15, 0.2) is 0 Å². The maximum Gasteiger partial charge on any atom is 0.0991 e. The molecule has 0 aliphatic carbocycles. The van der Waals surface area contributed by atoms with E-state index in [0.29, 0.717) is 0 Å². The Hall–Kier alpha value is -1.33. The topological polar surface area (TPSA) is 35.8 Å². The molecule has 0 aromatic heterocycles. The minimum atomic E-state index is 0.0762. The third kappa shape index (κ3) is 1.51. The van der Waals surface area contributed by atoms with Gasteiger partial charge in [-0.15, -0.1) is 0 Å². The summed E-state index contributed by atoms with van der Waals surface area (Å²) in [6.45, 7) is 3.28. The standard InChI is InChI=1S/C12H14N2/c1-12(6-3-7-14-12)11-5-2-4-10(8-11)9-13/h2,4-5,8,14H,3,6-7H2,1H3. The van der Waals surface area contributed by atoms with E-state index in [2.05, 4.69) is 24.4 Å². The number of hydrogen-bond acceptors (Lipinski definition) is 2. The van der Waals surface area contributed by atoms with Crippen LogP contribution in [0.2, 0.25) is 0 Å². The van der Waals surface area contributed by atoms with E-state index >= 15 is 0 Å². The molecule has 1 fully saturated rings. The SMILES string of the molecule is CC1(c2cccc(C#N)c2)CCCN1. The third-order valence-corrected chi connectivity index (χ3v) is 3.00. The first kappa shape index (κ1) is 9.23. The van der Waals surface area contributed by atoms with Crippen molar-refractivity contribution in [1.82, 2.24) is 5.32 Å². The number of rotatable bonds is 1. The number of hydrogen-bond donors (Lipinski definition) is 1. The van der Waals surface area contributed by atoms with Crippen molar-refractivity contribution < 1.29 is 0 Å². The second-order valence-corrected chi connectivity index (χ2v) is 4.06. The lowest BCUT2D eigenvalue weighted by Crippen LogP contribution is -2.33. The second-order valence-electron chi connectivity index (χ2n) is 4.06. The Bertz CT molecular complexity index is 370. The summed E-state index contributed by atoms with van der Waals surface area (Å²) in [6, 6.07) is 10.1. The first-order valence-corrected chi connectivity index (χ1v) is 5.00. The summed E-state index contributed by atoms with van der Waals surface area (Å²) in [4.78, 5) is 0. The molecule has 72 valence electrons. The van der Waals surface area contributed by atoms with Crippen LogP contribution in [0.25, 0.3) is 0 Å². The molecule has 1 aliphatic heterocycles. The molecular formula is C12H14N2. The van der Waals surface area contributed by atoms with Crippen LogP contribution in [0.15, 0.2) is 24.3 Å². The highest BCUT2D eigenvalue weighted by molar-refractivity contribution is 5.36. The van der Waals surface area contributed by atoms with E-state index in [9.17, 15) is 0 Å². The fraction of sp³-hybridized carbons (Fsp3) is 0.417. The van der Waals surface area contributed by atoms with Crippen molar-refractivity contribution in [2.24, 2.45) is 0 Å². The van der Waals surface area contributed by atoms with Crippen LogP contribution in [-0.2, 0) is 5.54 Å². The van der Waals surface area contributed by atoms with E-state index in [4.69, 9.17) is 5.26 Å². The summed E-state index contributed by atoms with van der Waals surface area (Å²) in [6.07, 6.45) is 2.37. The highest BCUT2D eigenvalue weighted by Gasteiger charge is 2.29. The van der Waals surface area contributed by atoms with Crippen LogP contribution < -0.4 is 5.32 Å². The van der Waals surface area contributed by atoms with Gasteiger partial charge in [-0.3, -0.25) is 0 Å². The fourth-order valence-corrected chi connectivity index (χ4v) is 2.07. The van der Waals surface area contributed by atoms with Crippen LogP contribution in [-0.4, -0.2) is 6.54 Å². The van der Waals surface area contributed by atoms with Crippen LogP contribution in [0.4, 0.5) is 0 Å². The monoisotopic (exact) mass is 186 g/mol. The predicted molar refractivity (Wildman–Crippen MR) is 55.7 cm³/mol. The lowest BCUT2D eigenvalue weighted by atomic mass is 9.90. The van der Waals surface area contributed by atoms with Gasteiger partial charge in [0.2, 0.25) is 0 Å². The van der Waals surface area contributed by atoms with Crippen molar-refractivity contribution in [3.8, 4) is 6.07 Å². The summed E-state index contributed by atoms with van der Waals surface area (Å²) in [5.41, 5.74) is 2.05. The molecule has 1 atom stereocenters. The average Bonchev–Trinajstić information content (AvgIpc) is 2.67. The Balaban J connectivity index is 2.36. The molecule has 0 bridgehead atoms. The van der Waals surface area contributed by atoms with E-state index in [1.54, 1.807) is 0 Å². The van der Waals surface area contributed by atoms with Crippen LogP contribution in [0.3, 0.4) is 0 Å². The Morgan fingerprint density at radius 3 is 3.00 bits per heavy atom. The predicted octanol–water partition coefficient (Wildman–Crippen LogP) is 2.16. The molecule has 1 aromatic rings. The molecule has 1 aliphatic rings. The van der Waals surface area contributed by atoms with E-state index in [-0.39, 0.29) is 5.54 Å². The molecular weight excluding hydrogens is 172 g/mol. The minimum Gasteiger partial charge on any atom is -0.308 e. The van der Waals surface area contributed by atoms with Gasteiger partial charge in [0, 0.05) is 5.54 Å². The van der Waals surface area contributed by atoms with Crippen LogP contribution >= 0.6 is 0 Å². The Labute approximate surface area is 84.6 Å². The number of nitrogens with one attached hydrogen (secondary N) is 1. The molecule has 0 radical (unpaired) electrons. The summed E-state index contributed by atoms with van der Waals surface area (Å²) in [5.74, 6) is 0. The Morgan fingerprint density at radius 1 is 1.50 bits per heavy atom. The van der Waals surface area contributed by atoms with Crippen LogP contribution in [0.5, 0.6) is 0 Å². The zero-order valence-electron chi connectivity index (χ0n) is 8.38. The molecule has 0 saturated carbocycles. The average molecular weight is 186 g/mol. The second kappa shape index (κ2) is 3.43. The van der Waals surface area contributed by atoms with E-state index in [0.717, 1.165) is 18.5 Å². The summed E-state index contributed by atoms with van der Waals surface area (Å²) in [5, 5.41) is 12.3. The molecule has 2 rings (SSSR count). The zero-order valence-corrected chi connectivity index (χ0v) is 8.38. The molecule has 1 heterocycles. The lowest BCUT2D eigenvalue weighted by Gasteiger charge is -2.25. The lowest BCUT2D eigenvalue weighted by molar-refractivity contribution is 0.434. The first-order valence-electron chi connectivity index (χ1n) is 5.00. The Morgan fingerprint density at radius 2 is 2.36 bits per heavy atom. The van der Waals surface area contributed by atoms with Crippen molar-refractivity contribution in [2.45, 2.75) is 25.3 Å². The summed E-state index contributed by atoms with van der Waals surface area (Å²) < 4.78 is 0. The van der Waals surface area contributed by atoms with Gasteiger partial charge in [-0.05, 0) is 44.0 Å². The van der Waals surface area contributed by atoms with E-state index in [1.165, 1.54) is 12.0 Å². The third-order valence-electron chi connectivity index (χ3n) is 3.00. The van der Waals surface area contributed by atoms with Gasteiger partial charge in [-0.2, -0.15) is 5.26 Å². The van der Waals surface area contributed by atoms with Crippen molar-refractivity contribution >= 4 is 0 Å².